The molecule has 1 heterocycles. The van der Waals surface area contributed by atoms with Gasteiger partial charge in [-0.1, -0.05) is 130 Å². The van der Waals surface area contributed by atoms with Crippen LogP contribution < -0.4 is 10.4 Å². The lowest BCUT2D eigenvalue weighted by molar-refractivity contribution is 0.0254. The van der Waals surface area contributed by atoms with Crippen molar-refractivity contribution < 1.29 is 9.53 Å². The molecule has 0 bridgehead atoms. The summed E-state index contributed by atoms with van der Waals surface area (Å²) in [4.78, 5) is 2.63. The van der Waals surface area contributed by atoms with Crippen LogP contribution >= 0.6 is 0 Å². The van der Waals surface area contributed by atoms with E-state index in [1.54, 1.807) is 5.57 Å². The molecule has 224 valence electrons. The van der Waals surface area contributed by atoms with Crippen LogP contribution in [0.25, 0.3) is 0 Å². The number of benzene rings is 3. The van der Waals surface area contributed by atoms with Crippen molar-refractivity contribution in [2.75, 3.05) is 19.8 Å². The van der Waals surface area contributed by atoms with Crippen molar-refractivity contribution in [2.45, 2.75) is 89.3 Å². The number of hydrogen-bond donors (Lipinski definition) is 1. The van der Waals surface area contributed by atoms with E-state index in [0.717, 1.165) is 26.0 Å². The molecule has 1 aliphatic heterocycles. The number of allylic oxidation sites excluding steroid dienone is 1. The van der Waals surface area contributed by atoms with Gasteiger partial charge in [-0.15, -0.1) is 0 Å². The lowest BCUT2D eigenvalue weighted by atomic mass is 9.75. The fourth-order valence-corrected chi connectivity index (χ4v) is 12.4. The molecule has 3 aromatic rings. The Morgan fingerprint density at radius 2 is 1.45 bits per heavy atom. The van der Waals surface area contributed by atoms with Crippen LogP contribution in [0, 0.1) is 5.92 Å². The highest BCUT2D eigenvalue weighted by atomic mass is 28.4. The molecule has 42 heavy (non-hydrogen) atoms. The van der Waals surface area contributed by atoms with Gasteiger partial charge in [-0.3, -0.25) is 4.90 Å². The van der Waals surface area contributed by atoms with Crippen LogP contribution in [-0.4, -0.2) is 44.1 Å². The second-order valence-electron chi connectivity index (χ2n) is 13.3. The van der Waals surface area contributed by atoms with Crippen molar-refractivity contribution in [3.63, 3.8) is 0 Å². The average Bonchev–Trinajstić information content (AvgIpc) is 3.02. The SMILES string of the molecule is CC(C)(C)[Si](OCCCCCC1=CCC[C@H]2[C@H]1CCCN2[C@@H](CO)c1ccccc1)(c1ccccc1)c1ccccc1. The lowest BCUT2D eigenvalue weighted by Gasteiger charge is -2.48. The van der Waals surface area contributed by atoms with E-state index in [9.17, 15) is 5.11 Å². The number of nitrogens with zero attached hydrogens (tertiary/aromatic N) is 1. The first-order valence-corrected chi connectivity index (χ1v) is 18.2. The third kappa shape index (κ3) is 6.68. The van der Waals surface area contributed by atoms with Crippen LogP contribution in [0.2, 0.25) is 5.04 Å². The monoisotopic (exact) mass is 581 g/mol. The maximum atomic E-state index is 10.4. The number of aliphatic hydroxyl groups is 1. The summed E-state index contributed by atoms with van der Waals surface area (Å²) in [6, 6.07) is 33.3. The quantitative estimate of drug-likeness (QED) is 0.135. The molecule has 2 aliphatic rings. The molecule has 1 aliphatic carbocycles. The Balaban J connectivity index is 1.19. The minimum absolute atomic E-state index is 0.0245. The molecule has 0 amide bonds. The highest BCUT2D eigenvalue weighted by molar-refractivity contribution is 6.99. The van der Waals surface area contributed by atoms with E-state index >= 15 is 0 Å². The smallest absolute Gasteiger partial charge is 0.261 e. The van der Waals surface area contributed by atoms with Crippen molar-refractivity contribution in [3.05, 3.63) is 108 Å². The Labute approximate surface area is 255 Å². The zero-order valence-electron chi connectivity index (χ0n) is 26.1. The Kier molecular flexibility index (Phi) is 10.5. The molecule has 0 radical (unpaired) electrons. The summed E-state index contributed by atoms with van der Waals surface area (Å²) in [5.74, 6) is 0.638. The molecule has 4 heteroatoms. The first kappa shape index (κ1) is 30.9. The first-order chi connectivity index (χ1) is 20.5. The molecule has 5 rings (SSSR count). The molecular weight excluding hydrogens is 531 g/mol. The Bertz CT molecular complexity index is 1220. The van der Waals surface area contributed by atoms with Crippen LogP contribution in [0.5, 0.6) is 0 Å². The fraction of sp³-hybridized carbons (Fsp3) is 0.474. The summed E-state index contributed by atoms with van der Waals surface area (Å²) in [6.07, 6.45) is 12.1. The summed E-state index contributed by atoms with van der Waals surface area (Å²) in [5, 5.41) is 13.1. The van der Waals surface area contributed by atoms with E-state index in [-0.39, 0.29) is 17.7 Å². The highest BCUT2D eigenvalue weighted by Crippen LogP contribution is 2.42. The van der Waals surface area contributed by atoms with Crippen molar-refractivity contribution >= 4 is 18.7 Å². The maximum Gasteiger partial charge on any atom is 0.261 e. The normalized spacial score (nSPS) is 20.5. The predicted molar refractivity (Wildman–Crippen MR) is 179 cm³/mol. The highest BCUT2D eigenvalue weighted by Gasteiger charge is 2.50. The molecule has 1 N–H and O–H groups in total. The topological polar surface area (TPSA) is 32.7 Å². The average molecular weight is 582 g/mol. The molecule has 3 aromatic carbocycles. The second-order valence-corrected chi connectivity index (χ2v) is 17.6. The van der Waals surface area contributed by atoms with Gasteiger partial charge in [0.1, 0.15) is 0 Å². The zero-order valence-corrected chi connectivity index (χ0v) is 27.1. The second kappa shape index (κ2) is 14.3. The number of rotatable bonds is 12. The summed E-state index contributed by atoms with van der Waals surface area (Å²) in [7, 11) is -2.45. The number of piperidine rings is 1. The van der Waals surface area contributed by atoms with Crippen LogP contribution in [0.15, 0.2) is 103 Å². The molecule has 0 unspecified atom stereocenters. The van der Waals surface area contributed by atoms with Crippen molar-refractivity contribution in [2.24, 2.45) is 5.92 Å². The minimum Gasteiger partial charge on any atom is -0.407 e. The van der Waals surface area contributed by atoms with Gasteiger partial charge in [0, 0.05) is 12.6 Å². The summed E-state index contributed by atoms with van der Waals surface area (Å²) in [5.41, 5.74) is 2.92. The molecule has 3 nitrogen and oxygen atoms in total. The third-order valence-corrected chi connectivity index (χ3v) is 14.8. The van der Waals surface area contributed by atoms with Crippen LogP contribution in [-0.2, 0) is 4.43 Å². The number of aliphatic hydroxyl groups excluding tert-OH is 1. The Morgan fingerprint density at radius 3 is 2.05 bits per heavy atom. The molecule has 0 saturated carbocycles. The Hall–Kier alpha value is -2.50. The van der Waals surface area contributed by atoms with Gasteiger partial charge in [-0.2, -0.15) is 0 Å². The van der Waals surface area contributed by atoms with Crippen LogP contribution in [0.4, 0.5) is 0 Å². The summed E-state index contributed by atoms with van der Waals surface area (Å²) >= 11 is 0. The predicted octanol–water partition coefficient (Wildman–Crippen LogP) is 7.66. The van der Waals surface area contributed by atoms with Gasteiger partial charge in [-0.25, -0.2) is 0 Å². The Morgan fingerprint density at radius 1 is 0.833 bits per heavy atom. The standard InChI is InChI=1S/C38H51NO2Si/c1-38(2,3)42(33-22-11-5-12-23-33,34-24-13-6-14-25-34)41-29-15-7-10-18-31-21-16-27-36-35(31)26-17-28-39(36)37(30-40)32-19-8-4-9-20-32/h4-6,8-9,11-14,19-25,35-37,40H,7,10,15-18,26-30H2,1-3H3/t35-,36-,37-/m0/s1. The first-order valence-electron chi connectivity index (χ1n) is 16.3. The van der Waals surface area contributed by atoms with E-state index in [1.807, 2.05) is 0 Å². The molecule has 0 aromatic heterocycles. The number of hydrogen-bond acceptors (Lipinski definition) is 3. The maximum absolute atomic E-state index is 10.4. The van der Waals surface area contributed by atoms with Gasteiger partial charge < -0.3 is 9.53 Å². The van der Waals surface area contributed by atoms with Gasteiger partial charge in [0.15, 0.2) is 0 Å². The molecule has 3 atom stereocenters. The van der Waals surface area contributed by atoms with Gasteiger partial charge >= 0.3 is 0 Å². The molecule has 1 fully saturated rings. The van der Waals surface area contributed by atoms with Crippen molar-refractivity contribution in [1.82, 2.24) is 4.90 Å². The van der Waals surface area contributed by atoms with E-state index in [0.29, 0.717) is 12.0 Å². The van der Waals surface area contributed by atoms with E-state index < -0.39 is 8.32 Å². The molecule has 0 spiro atoms. The van der Waals surface area contributed by atoms with E-state index in [1.165, 1.54) is 54.5 Å². The number of likely N-dealkylation sites (tertiary alicyclic amines) is 1. The van der Waals surface area contributed by atoms with Crippen LogP contribution in [0.1, 0.15) is 83.7 Å². The third-order valence-electron chi connectivity index (χ3n) is 9.77. The molecule has 1 saturated heterocycles. The number of unbranched alkanes of at least 4 members (excludes halogenated alkanes) is 2. The minimum atomic E-state index is -2.45. The fourth-order valence-electron chi connectivity index (χ4n) is 7.82. The summed E-state index contributed by atoms with van der Waals surface area (Å²) < 4.78 is 7.13. The van der Waals surface area contributed by atoms with E-state index in [4.69, 9.17) is 4.43 Å². The van der Waals surface area contributed by atoms with Crippen LogP contribution in [0.3, 0.4) is 0 Å². The van der Waals surface area contributed by atoms with E-state index in [2.05, 4.69) is 123 Å². The van der Waals surface area contributed by atoms with Gasteiger partial charge in [0.2, 0.25) is 0 Å². The lowest BCUT2D eigenvalue weighted by Crippen LogP contribution is -2.66. The van der Waals surface area contributed by atoms with Gasteiger partial charge in [0.05, 0.1) is 12.6 Å². The summed E-state index contributed by atoms with van der Waals surface area (Å²) in [6.45, 7) is 9.17. The van der Waals surface area contributed by atoms with Crippen molar-refractivity contribution in [3.8, 4) is 0 Å². The zero-order chi connectivity index (χ0) is 29.4. The van der Waals surface area contributed by atoms with Crippen molar-refractivity contribution in [1.29, 1.82) is 0 Å². The van der Waals surface area contributed by atoms with Gasteiger partial charge in [-0.05, 0) is 78.4 Å². The largest absolute Gasteiger partial charge is 0.407 e. The molecular formula is C38H51NO2Si. The van der Waals surface area contributed by atoms with Gasteiger partial charge in [0.25, 0.3) is 8.32 Å². The number of fused-ring (bicyclic) bond motifs is 1.